The zero-order chi connectivity index (χ0) is 22.8. The molecule has 7 nitrogen and oxygen atoms in total. The lowest BCUT2D eigenvalue weighted by atomic mass is 10.0. The number of para-hydroxylation sites is 1. The van der Waals surface area contributed by atoms with Crippen LogP contribution in [0.15, 0.2) is 46.3 Å². The Hall–Kier alpha value is -2.84. The highest BCUT2D eigenvalue weighted by molar-refractivity contribution is 7.98. The van der Waals surface area contributed by atoms with Gasteiger partial charge in [0.2, 0.25) is 0 Å². The van der Waals surface area contributed by atoms with Crippen LogP contribution in [0.25, 0.3) is 10.9 Å². The smallest absolute Gasteiger partial charge is 0.338 e. The molecule has 0 bridgehead atoms. The minimum atomic E-state index is -0.371. The number of rotatable bonds is 6. The van der Waals surface area contributed by atoms with Crippen molar-refractivity contribution in [3.63, 3.8) is 0 Å². The van der Waals surface area contributed by atoms with Gasteiger partial charge in [-0.15, -0.1) is 0 Å². The molecule has 1 aromatic heterocycles. The van der Waals surface area contributed by atoms with E-state index in [1.807, 2.05) is 34.9 Å². The Bertz CT molecular complexity index is 1250. The molecule has 0 radical (unpaired) electrons. The molecule has 2 aromatic carbocycles. The molecule has 2 heterocycles. The van der Waals surface area contributed by atoms with Gasteiger partial charge in [0.25, 0.3) is 5.56 Å². The van der Waals surface area contributed by atoms with Crippen molar-refractivity contribution >= 4 is 28.6 Å². The Morgan fingerprint density at radius 1 is 1.24 bits per heavy atom. The predicted octanol–water partition coefficient (Wildman–Crippen LogP) is 4.85. The minimum absolute atomic E-state index is 0.0157. The average Bonchev–Trinajstić information content (AvgIpc) is 3.37. The summed E-state index contributed by atoms with van der Waals surface area (Å²) in [6, 6.07) is 11.3. The lowest BCUT2D eigenvalue weighted by molar-refractivity contribution is -0.0169. The number of benzene rings is 2. The van der Waals surface area contributed by atoms with Gasteiger partial charge in [0.1, 0.15) is 5.75 Å². The average molecular weight is 467 g/mol. The van der Waals surface area contributed by atoms with Crippen LogP contribution in [-0.4, -0.2) is 28.9 Å². The first-order valence-electron chi connectivity index (χ1n) is 11.3. The van der Waals surface area contributed by atoms with Crippen LogP contribution >= 0.6 is 11.8 Å². The maximum atomic E-state index is 13.4. The SMILES string of the molecule is CCOC(=O)c1cc2c(c(CSc3nc4ccccc4c(=O)n3C3CCCC3)c1)OCOC2. The molecule has 0 unspecified atom stereocenters. The number of fused-ring (bicyclic) bond motifs is 2. The van der Waals surface area contributed by atoms with Gasteiger partial charge in [-0.3, -0.25) is 9.36 Å². The topological polar surface area (TPSA) is 79.7 Å². The molecule has 1 aliphatic carbocycles. The first kappa shape index (κ1) is 22.0. The van der Waals surface area contributed by atoms with Crippen LogP contribution in [0.5, 0.6) is 5.75 Å². The molecule has 3 aromatic rings. The van der Waals surface area contributed by atoms with Crippen LogP contribution in [-0.2, 0) is 21.8 Å². The molecule has 0 amide bonds. The number of hydrogen-bond donors (Lipinski definition) is 0. The van der Waals surface area contributed by atoms with Crippen molar-refractivity contribution in [1.29, 1.82) is 0 Å². The van der Waals surface area contributed by atoms with Gasteiger partial charge in [-0.1, -0.05) is 36.7 Å². The first-order chi connectivity index (χ1) is 16.2. The van der Waals surface area contributed by atoms with Crippen molar-refractivity contribution in [2.24, 2.45) is 0 Å². The zero-order valence-corrected chi connectivity index (χ0v) is 19.4. The van der Waals surface area contributed by atoms with E-state index in [2.05, 4.69) is 0 Å². The number of carbonyl (C=O) groups excluding carboxylic acids is 1. The van der Waals surface area contributed by atoms with Crippen LogP contribution in [0.2, 0.25) is 0 Å². The van der Waals surface area contributed by atoms with E-state index >= 15 is 0 Å². The van der Waals surface area contributed by atoms with E-state index < -0.39 is 0 Å². The summed E-state index contributed by atoms with van der Waals surface area (Å²) in [4.78, 5) is 30.7. The Balaban J connectivity index is 1.53. The van der Waals surface area contributed by atoms with Crippen LogP contribution in [0.3, 0.4) is 0 Å². The highest BCUT2D eigenvalue weighted by Gasteiger charge is 2.24. The second-order valence-electron chi connectivity index (χ2n) is 8.27. The van der Waals surface area contributed by atoms with Gasteiger partial charge in [0, 0.05) is 22.9 Å². The number of nitrogens with zero attached hydrogens (tertiary/aromatic N) is 2. The van der Waals surface area contributed by atoms with Gasteiger partial charge < -0.3 is 14.2 Å². The molecule has 1 fully saturated rings. The van der Waals surface area contributed by atoms with E-state index in [-0.39, 0.29) is 24.4 Å². The minimum Gasteiger partial charge on any atom is -0.467 e. The van der Waals surface area contributed by atoms with Gasteiger partial charge >= 0.3 is 5.97 Å². The van der Waals surface area contributed by atoms with Crippen molar-refractivity contribution in [2.75, 3.05) is 13.4 Å². The summed E-state index contributed by atoms with van der Waals surface area (Å²) in [7, 11) is 0. The number of hydrogen-bond acceptors (Lipinski definition) is 7. The van der Waals surface area contributed by atoms with Crippen molar-refractivity contribution in [1.82, 2.24) is 9.55 Å². The van der Waals surface area contributed by atoms with Crippen molar-refractivity contribution in [2.45, 2.75) is 56.2 Å². The van der Waals surface area contributed by atoms with Crippen molar-refractivity contribution in [3.8, 4) is 5.75 Å². The van der Waals surface area contributed by atoms with E-state index in [9.17, 15) is 9.59 Å². The summed E-state index contributed by atoms with van der Waals surface area (Å²) < 4.78 is 18.3. The van der Waals surface area contributed by atoms with E-state index in [0.717, 1.165) is 42.6 Å². The number of aromatic nitrogens is 2. The molecule has 33 heavy (non-hydrogen) atoms. The lowest BCUT2D eigenvalue weighted by Gasteiger charge is -2.22. The monoisotopic (exact) mass is 466 g/mol. The molecule has 1 saturated carbocycles. The third-order valence-electron chi connectivity index (χ3n) is 6.12. The predicted molar refractivity (Wildman–Crippen MR) is 126 cm³/mol. The molecule has 0 spiro atoms. The first-order valence-corrected chi connectivity index (χ1v) is 12.3. The second kappa shape index (κ2) is 9.57. The third kappa shape index (κ3) is 4.37. The fraction of sp³-hybridized carbons (Fsp3) is 0.400. The molecule has 0 atom stereocenters. The van der Waals surface area contributed by atoms with Crippen molar-refractivity contribution < 1.29 is 19.0 Å². The fourth-order valence-electron chi connectivity index (χ4n) is 4.59. The van der Waals surface area contributed by atoms with Crippen LogP contribution in [0, 0.1) is 0 Å². The summed E-state index contributed by atoms with van der Waals surface area (Å²) in [5, 5.41) is 1.35. The quantitative estimate of drug-likeness (QED) is 0.292. The Kier molecular flexibility index (Phi) is 6.37. The molecular weight excluding hydrogens is 440 g/mol. The number of carbonyl (C=O) groups is 1. The molecule has 8 heteroatoms. The van der Waals surface area contributed by atoms with Gasteiger partial charge in [-0.25, -0.2) is 9.78 Å². The Morgan fingerprint density at radius 3 is 2.88 bits per heavy atom. The highest BCUT2D eigenvalue weighted by atomic mass is 32.2. The number of ether oxygens (including phenoxy) is 3. The molecule has 5 rings (SSSR count). The van der Waals surface area contributed by atoms with Gasteiger partial charge in [-0.2, -0.15) is 0 Å². The Morgan fingerprint density at radius 2 is 2.06 bits per heavy atom. The summed E-state index contributed by atoms with van der Waals surface area (Å²) in [6.45, 7) is 2.64. The van der Waals surface area contributed by atoms with E-state index in [1.165, 1.54) is 11.8 Å². The van der Waals surface area contributed by atoms with Crippen LogP contribution in [0.1, 0.15) is 60.1 Å². The summed E-state index contributed by atoms with van der Waals surface area (Å²) in [5.74, 6) is 0.869. The van der Waals surface area contributed by atoms with E-state index in [4.69, 9.17) is 19.2 Å². The molecule has 1 aliphatic heterocycles. The number of esters is 1. The Labute approximate surface area is 196 Å². The highest BCUT2D eigenvalue weighted by Crippen LogP contribution is 2.36. The maximum absolute atomic E-state index is 13.4. The molecule has 2 aliphatic rings. The summed E-state index contributed by atoms with van der Waals surface area (Å²) in [6.07, 6.45) is 4.22. The largest absolute Gasteiger partial charge is 0.467 e. The zero-order valence-electron chi connectivity index (χ0n) is 18.5. The van der Waals surface area contributed by atoms with E-state index in [1.54, 1.807) is 13.0 Å². The maximum Gasteiger partial charge on any atom is 0.338 e. The standard InChI is InChI=1S/C25H26N2O5S/c1-2-31-24(29)16-11-17-13-30-15-32-22(17)18(12-16)14-33-25-26-21-10-6-5-9-20(21)23(28)27(25)19-7-3-4-8-19/h5-6,9-12,19H,2-4,7-8,13-15H2,1H3. The van der Waals surface area contributed by atoms with Gasteiger partial charge in [0.05, 0.1) is 29.7 Å². The van der Waals surface area contributed by atoms with Crippen LogP contribution in [0.4, 0.5) is 0 Å². The molecular formula is C25H26N2O5S. The fourth-order valence-corrected chi connectivity index (χ4v) is 5.63. The van der Waals surface area contributed by atoms with Crippen LogP contribution < -0.4 is 10.3 Å². The lowest BCUT2D eigenvalue weighted by Crippen LogP contribution is -2.26. The van der Waals surface area contributed by atoms with Gasteiger partial charge in [-0.05, 0) is 44.0 Å². The van der Waals surface area contributed by atoms with Gasteiger partial charge in [0.15, 0.2) is 11.9 Å². The van der Waals surface area contributed by atoms with Crippen molar-refractivity contribution in [3.05, 3.63) is 63.4 Å². The molecule has 0 saturated heterocycles. The van der Waals surface area contributed by atoms with E-state index in [0.29, 0.717) is 40.6 Å². The normalized spacial score (nSPS) is 15.9. The molecule has 0 N–H and O–H groups in total. The number of thioether (sulfide) groups is 1. The second-order valence-corrected chi connectivity index (χ2v) is 9.21. The summed E-state index contributed by atoms with van der Waals surface area (Å²) in [5.41, 5.74) is 2.87. The summed E-state index contributed by atoms with van der Waals surface area (Å²) >= 11 is 1.50. The molecule has 172 valence electrons. The third-order valence-corrected chi connectivity index (χ3v) is 7.12.